The van der Waals surface area contributed by atoms with Crippen LogP contribution in [0, 0.1) is 0 Å². The molecule has 106 valence electrons. The van der Waals surface area contributed by atoms with Gasteiger partial charge < -0.3 is 10.6 Å². The highest BCUT2D eigenvalue weighted by molar-refractivity contribution is 9.10. The molecule has 0 atom stereocenters. The molecule has 0 saturated carbocycles. The quantitative estimate of drug-likeness (QED) is 0.833. The summed E-state index contributed by atoms with van der Waals surface area (Å²) >= 11 is 4.98. The van der Waals surface area contributed by atoms with Gasteiger partial charge in [-0.15, -0.1) is 11.3 Å². The number of hydrogen-bond donors (Lipinski definition) is 2. The molecule has 2 N–H and O–H groups in total. The van der Waals surface area contributed by atoms with Gasteiger partial charge in [-0.05, 0) is 39.9 Å². The molecule has 0 aromatic carbocycles. The number of carbonyl (C=O) groups is 1. The normalized spacial score (nSPS) is 10.3. The number of pyridine rings is 1. The Bertz CT molecular complexity index is 572. The van der Waals surface area contributed by atoms with E-state index in [-0.39, 0.29) is 5.91 Å². The fraction of sp³-hybridized carbons (Fsp3) is 0.286. The number of carbonyl (C=O) groups excluding carboxylic acids is 1. The van der Waals surface area contributed by atoms with Crippen molar-refractivity contribution in [2.75, 3.05) is 11.9 Å². The van der Waals surface area contributed by atoms with Crippen LogP contribution < -0.4 is 10.6 Å². The van der Waals surface area contributed by atoms with Crippen LogP contribution in [-0.2, 0) is 6.54 Å². The molecule has 0 aliphatic carbocycles. The second-order valence-electron chi connectivity index (χ2n) is 4.24. The molecule has 2 aromatic heterocycles. The predicted molar refractivity (Wildman–Crippen MR) is 86.2 cm³/mol. The Morgan fingerprint density at radius 1 is 1.50 bits per heavy atom. The number of halogens is 1. The van der Waals surface area contributed by atoms with Gasteiger partial charge in [-0.2, -0.15) is 0 Å². The predicted octanol–water partition coefficient (Wildman–Crippen LogP) is 3.66. The van der Waals surface area contributed by atoms with Crippen LogP contribution >= 0.6 is 27.3 Å². The van der Waals surface area contributed by atoms with Crippen molar-refractivity contribution in [2.45, 2.75) is 19.9 Å². The largest absolute Gasteiger partial charge is 0.369 e. The van der Waals surface area contributed by atoms with Gasteiger partial charge in [0.1, 0.15) is 5.82 Å². The van der Waals surface area contributed by atoms with Gasteiger partial charge in [0.15, 0.2) is 0 Å². The zero-order chi connectivity index (χ0) is 14.4. The maximum Gasteiger partial charge on any atom is 0.255 e. The van der Waals surface area contributed by atoms with E-state index in [2.05, 4.69) is 38.5 Å². The van der Waals surface area contributed by atoms with Gasteiger partial charge in [0.25, 0.3) is 5.91 Å². The first-order valence-corrected chi connectivity index (χ1v) is 8.08. The highest BCUT2D eigenvalue weighted by atomic mass is 79.9. The Morgan fingerprint density at radius 2 is 2.35 bits per heavy atom. The van der Waals surface area contributed by atoms with Gasteiger partial charge in [0, 0.05) is 22.1 Å². The van der Waals surface area contributed by atoms with Crippen LogP contribution in [0.2, 0.25) is 0 Å². The highest BCUT2D eigenvalue weighted by Crippen LogP contribution is 2.18. The summed E-state index contributed by atoms with van der Waals surface area (Å²) in [5.74, 6) is 0.504. The number of nitrogens with zero attached hydrogens (tertiary/aromatic N) is 1. The van der Waals surface area contributed by atoms with Crippen LogP contribution in [0.4, 0.5) is 5.82 Å². The zero-order valence-electron chi connectivity index (χ0n) is 11.1. The Balaban J connectivity index is 2.08. The summed E-state index contributed by atoms with van der Waals surface area (Å²) in [6.07, 6.45) is 2.67. The Hall–Kier alpha value is -1.40. The lowest BCUT2D eigenvalue weighted by molar-refractivity contribution is 0.0951. The number of thiophene rings is 1. The molecule has 0 saturated heterocycles. The number of hydrogen-bond acceptors (Lipinski definition) is 4. The van der Waals surface area contributed by atoms with Crippen LogP contribution in [0.1, 0.15) is 28.6 Å². The SMILES string of the molecule is CCCNc1ncc(Br)cc1C(=O)NCc1cccs1. The van der Waals surface area contributed by atoms with Crippen LogP contribution in [0.5, 0.6) is 0 Å². The third kappa shape index (κ3) is 4.05. The molecule has 0 radical (unpaired) electrons. The maximum atomic E-state index is 12.3. The molecule has 2 rings (SSSR count). The van der Waals surface area contributed by atoms with E-state index in [1.54, 1.807) is 23.6 Å². The van der Waals surface area contributed by atoms with E-state index in [9.17, 15) is 4.79 Å². The van der Waals surface area contributed by atoms with Crippen LogP contribution in [-0.4, -0.2) is 17.4 Å². The van der Waals surface area contributed by atoms with E-state index in [4.69, 9.17) is 0 Å². The average Bonchev–Trinajstić information content (AvgIpc) is 2.96. The van der Waals surface area contributed by atoms with E-state index in [1.165, 1.54) is 0 Å². The second kappa shape index (κ2) is 7.40. The minimum atomic E-state index is -0.120. The summed E-state index contributed by atoms with van der Waals surface area (Å²) in [6, 6.07) is 5.76. The van der Waals surface area contributed by atoms with Crippen molar-refractivity contribution in [1.82, 2.24) is 10.3 Å². The summed E-state index contributed by atoms with van der Waals surface area (Å²) in [6.45, 7) is 3.40. The number of aromatic nitrogens is 1. The van der Waals surface area contributed by atoms with Crippen molar-refractivity contribution in [3.63, 3.8) is 0 Å². The van der Waals surface area contributed by atoms with Gasteiger partial charge in [-0.25, -0.2) is 4.98 Å². The van der Waals surface area contributed by atoms with E-state index in [0.717, 1.165) is 22.3 Å². The zero-order valence-corrected chi connectivity index (χ0v) is 13.6. The first-order valence-electron chi connectivity index (χ1n) is 6.40. The number of rotatable bonds is 6. The molecule has 0 aliphatic heterocycles. The van der Waals surface area contributed by atoms with E-state index in [0.29, 0.717) is 17.9 Å². The molecule has 0 spiro atoms. The van der Waals surface area contributed by atoms with Crippen molar-refractivity contribution < 1.29 is 4.79 Å². The van der Waals surface area contributed by atoms with Crippen molar-refractivity contribution in [1.29, 1.82) is 0 Å². The summed E-state index contributed by atoms with van der Waals surface area (Å²) in [5, 5.41) is 8.09. The lowest BCUT2D eigenvalue weighted by Crippen LogP contribution is -2.24. The van der Waals surface area contributed by atoms with Gasteiger partial charge in [0.05, 0.1) is 12.1 Å². The Kier molecular flexibility index (Phi) is 5.55. The minimum Gasteiger partial charge on any atom is -0.369 e. The number of anilines is 1. The van der Waals surface area contributed by atoms with Crippen LogP contribution in [0.25, 0.3) is 0 Å². The topological polar surface area (TPSA) is 54.0 Å². The van der Waals surface area contributed by atoms with E-state index >= 15 is 0 Å². The molecular weight excluding hydrogens is 338 g/mol. The summed E-state index contributed by atoms with van der Waals surface area (Å²) in [4.78, 5) is 17.7. The molecule has 2 heterocycles. The maximum absolute atomic E-state index is 12.3. The van der Waals surface area contributed by atoms with Crippen molar-refractivity contribution in [3.05, 3.63) is 44.7 Å². The molecule has 0 bridgehead atoms. The fourth-order valence-electron chi connectivity index (χ4n) is 1.67. The first kappa shape index (κ1) is 15.0. The second-order valence-corrected chi connectivity index (χ2v) is 6.19. The average molecular weight is 354 g/mol. The molecule has 4 nitrogen and oxygen atoms in total. The molecule has 2 aromatic rings. The van der Waals surface area contributed by atoms with E-state index in [1.807, 2.05) is 17.5 Å². The molecule has 1 amide bonds. The van der Waals surface area contributed by atoms with Crippen molar-refractivity contribution in [2.24, 2.45) is 0 Å². The smallest absolute Gasteiger partial charge is 0.255 e. The van der Waals surface area contributed by atoms with Gasteiger partial charge >= 0.3 is 0 Å². The van der Waals surface area contributed by atoms with E-state index < -0.39 is 0 Å². The molecule has 6 heteroatoms. The van der Waals surface area contributed by atoms with Crippen molar-refractivity contribution in [3.8, 4) is 0 Å². The lowest BCUT2D eigenvalue weighted by Gasteiger charge is -2.11. The van der Waals surface area contributed by atoms with Crippen LogP contribution in [0.15, 0.2) is 34.2 Å². The standard InChI is InChI=1S/C14H16BrN3OS/c1-2-5-16-13-12(7-10(15)8-17-13)14(19)18-9-11-4-3-6-20-11/h3-4,6-8H,2,5,9H2,1H3,(H,16,17)(H,18,19). The summed E-state index contributed by atoms with van der Waals surface area (Å²) < 4.78 is 0.792. The monoisotopic (exact) mass is 353 g/mol. The molecule has 0 aliphatic rings. The third-order valence-corrected chi connectivity index (χ3v) is 3.95. The van der Waals surface area contributed by atoms with Crippen LogP contribution in [0.3, 0.4) is 0 Å². The third-order valence-electron chi connectivity index (χ3n) is 2.64. The minimum absolute atomic E-state index is 0.120. The van der Waals surface area contributed by atoms with Gasteiger partial charge in [-0.3, -0.25) is 4.79 Å². The molecule has 0 fully saturated rings. The highest BCUT2D eigenvalue weighted by Gasteiger charge is 2.13. The summed E-state index contributed by atoms with van der Waals surface area (Å²) in [7, 11) is 0. The number of amides is 1. The fourth-order valence-corrected chi connectivity index (χ4v) is 2.65. The molecule has 0 unspecified atom stereocenters. The number of nitrogens with one attached hydrogen (secondary N) is 2. The Morgan fingerprint density at radius 3 is 3.05 bits per heavy atom. The summed E-state index contributed by atoms with van der Waals surface area (Å²) in [5.41, 5.74) is 0.560. The molecule has 20 heavy (non-hydrogen) atoms. The van der Waals surface area contributed by atoms with Gasteiger partial charge in [0.2, 0.25) is 0 Å². The molecular formula is C14H16BrN3OS. The lowest BCUT2D eigenvalue weighted by atomic mass is 10.2. The first-order chi connectivity index (χ1) is 9.70. The van der Waals surface area contributed by atoms with Gasteiger partial charge in [-0.1, -0.05) is 13.0 Å². The Labute approximate surface area is 130 Å². The van der Waals surface area contributed by atoms with Crippen molar-refractivity contribution >= 4 is 39.0 Å².